The number of amides is 2. The highest BCUT2D eigenvalue weighted by Gasteiger charge is 2.51. The summed E-state index contributed by atoms with van der Waals surface area (Å²) in [6, 6.07) is 6.67. The quantitative estimate of drug-likeness (QED) is 0.348. The Morgan fingerprint density at radius 2 is 1.62 bits per heavy atom. The molecule has 0 atom stereocenters. The maximum absolute atomic E-state index is 12.9. The Kier molecular flexibility index (Phi) is 4.48. The SMILES string of the molecule is COc1ccc(N2C(=O)C(=C3SCCS3)C(=O)C(C)(C)C2=O)cc1. The minimum Gasteiger partial charge on any atom is -0.497 e. The van der Waals surface area contributed by atoms with Crippen molar-refractivity contribution in [1.82, 2.24) is 0 Å². The van der Waals surface area contributed by atoms with E-state index in [1.165, 1.54) is 23.5 Å². The van der Waals surface area contributed by atoms with Gasteiger partial charge in [-0.05, 0) is 38.1 Å². The number of carbonyl (C=O) groups is 3. The van der Waals surface area contributed by atoms with Gasteiger partial charge in [-0.15, -0.1) is 23.5 Å². The number of imide groups is 1. The molecule has 3 rings (SSSR count). The molecular formula is C17H17NO4S2. The smallest absolute Gasteiger partial charge is 0.270 e. The summed E-state index contributed by atoms with van der Waals surface area (Å²) in [4.78, 5) is 39.6. The fourth-order valence-electron chi connectivity index (χ4n) is 2.59. The molecule has 0 radical (unpaired) electrons. The number of methoxy groups -OCH3 is 1. The number of hydrogen-bond donors (Lipinski definition) is 0. The molecular weight excluding hydrogens is 346 g/mol. The number of benzene rings is 1. The number of anilines is 1. The van der Waals surface area contributed by atoms with Crippen LogP contribution in [0.15, 0.2) is 34.1 Å². The average Bonchev–Trinajstić information content (AvgIpc) is 3.08. The molecule has 126 valence electrons. The van der Waals surface area contributed by atoms with Crippen molar-refractivity contribution in [3.05, 3.63) is 34.1 Å². The Morgan fingerprint density at radius 3 is 2.17 bits per heavy atom. The lowest BCUT2D eigenvalue weighted by molar-refractivity contribution is -0.141. The molecule has 2 saturated heterocycles. The maximum Gasteiger partial charge on any atom is 0.270 e. The highest BCUT2D eigenvalue weighted by atomic mass is 32.2. The summed E-state index contributed by atoms with van der Waals surface area (Å²) in [6.07, 6.45) is 0. The van der Waals surface area contributed by atoms with Crippen molar-refractivity contribution < 1.29 is 19.1 Å². The van der Waals surface area contributed by atoms with E-state index in [9.17, 15) is 14.4 Å². The third-order valence-corrected chi connectivity index (χ3v) is 6.75. The van der Waals surface area contributed by atoms with Crippen molar-refractivity contribution in [2.45, 2.75) is 13.8 Å². The first kappa shape index (κ1) is 17.1. The van der Waals surface area contributed by atoms with Gasteiger partial charge in [0.25, 0.3) is 5.91 Å². The monoisotopic (exact) mass is 363 g/mol. The zero-order valence-electron chi connectivity index (χ0n) is 13.6. The standard InChI is InChI=1S/C17H17NO4S2/c1-17(2)13(19)12(15-23-8-9-24-15)14(20)18(16(17)21)10-4-6-11(22-3)7-5-10/h4-7H,8-9H2,1-3H3. The van der Waals surface area contributed by atoms with Crippen molar-refractivity contribution >= 4 is 46.8 Å². The number of hydrogen-bond acceptors (Lipinski definition) is 6. The van der Waals surface area contributed by atoms with Crippen LogP contribution in [0.1, 0.15) is 13.8 Å². The summed E-state index contributed by atoms with van der Waals surface area (Å²) < 4.78 is 5.84. The van der Waals surface area contributed by atoms with Gasteiger partial charge in [0.05, 0.1) is 17.0 Å². The van der Waals surface area contributed by atoms with E-state index in [1.807, 2.05) is 0 Å². The predicted molar refractivity (Wildman–Crippen MR) is 96.2 cm³/mol. The van der Waals surface area contributed by atoms with E-state index < -0.39 is 17.2 Å². The van der Waals surface area contributed by atoms with Gasteiger partial charge in [0.2, 0.25) is 5.91 Å². The zero-order valence-corrected chi connectivity index (χ0v) is 15.3. The molecule has 0 unspecified atom stereocenters. The number of ketones is 1. The summed E-state index contributed by atoms with van der Waals surface area (Å²) in [7, 11) is 1.55. The van der Waals surface area contributed by atoms with Gasteiger partial charge in [0.15, 0.2) is 5.78 Å². The average molecular weight is 363 g/mol. The molecule has 7 heteroatoms. The van der Waals surface area contributed by atoms with Gasteiger partial charge in [-0.3, -0.25) is 14.4 Å². The molecule has 2 aliphatic heterocycles. The lowest BCUT2D eigenvalue weighted by atomic mass is 9.79. The molecule has 0 spiro atoms. The minimum absolute atomic E-state index is 0.142. The van der Waals surface area contributed by atoms with Crippen molar-refractivity contribution in [2.75, 3.05) is 23.5 Å². The molecule has 0 bridgehead atoms. The molecule has 2 heterocycles. The maximum atomic E-state index is 12.9. The fourth-order valence-corrected chi connectivity index (χ4v) is 5.11. The molecule has 5 nitrogen and oxygen atoms in total. The summed E-state index contributed by atoms with van der Waals surface area (Å²) in [5.74, 6) is 0.930. The van der Waals surface area contributed by atoms with Crippen molar-refractivity contribution in [2.24, 2.45) is 5.41 Å². The van der Waals surface area contributed by atoms with Crippen molar-refractivity contribution in [3.63, 3.8) is 0 Å². The van der Waals surface area contributed by atoms with Crippen molar-refractivity contribution in [1.29, 1.82) is 0 Å². The van der Waals surface area contributed by atoms with Gasteiger partial charge in [0, 0.05) is 11.5 Å². The number of Topliss-reactive ketones (excluding diaryl/α,β-unsaturated/α-hetero) is 1. The van der Waals surface area contributed by atoms with Crippen LogP contribution in [0.3, 0.4) is 0 Å². The van der Waals surface area contributed by atoms with Crippen LogP contribution in [0.4, 0.5) is 5.69 Å². The second-order valence-electron chi connectivity index (χ2n) is 5.96. The lowest BCUT2D eigenvalue weighted by Crippen LogP contribution is -2.56. The van der Waals surface area contributed by atoms with Crippen LogP contribution in [0.2, 0.25) is 0 Å². The molecule has 2 fully saturated rings. The number of thioether (sulfide) groups is 2. The Hall–Kier alpha value is -1.73. The minimum atomic E-state index is -1.26. The summed E-state index contributed by atoms with van der Waals surface area (Å²) >= 11 is 3.01. The predicted octanol–water partition coefficient (Wildman–Crippen LogP) is 2.86. The molecule has 1 aromatic rings. The number of nitrogens with zero attached hydrogens (tertiary/aromatic N) is 1. The van der Waals surface area contributed by atoms with Crippen LogP contribution in [-0.4, -0.2) is 36.2 Å². The summed E-state index contributed by atoms with van der Waals surface area (Å²) in [5.41, 5.74) is -0.680. The third kappa shape index (κ3) is 2.65. The normalized spacial score (nSPS) is 20.8. The topological polar surface area (TPSA) is 63.7 Å². The highest BCUT2D eigenvalue weighted by Crippen LogP contribution is 2.44. The Morgan fingerprint density at radius 1 is 1.04 bits per heavy atom. The molecule has 0 saturated carbocycles. The largest absolute Gasteiger partial charge is 0.497 e. The van der Waals surface area contributed by atoms with Crippen LogP contribution in [0, 0.1) is 5.41 Å². The van der Waals surface area contributed by atoms with E-state index in [4.69, 9.17) is 4.74 Å². The van der Waals surface area contributed by atoms with Gasteiger partial charge in [-0.2, -0.15) is 0 Å². The van der Waals surface area contributed by atoms with Crippen LogP contribution < -0.4 is 9.64 Å². The molecule has 24 heavy (non-hydrogen) atoms. The third-order valence-electron chi connectivity index (χ3n) is 4.03. The van der Waals surface area contributed by atoms with Crippen molar-refractivity contribution in [3.8, 4) is 5.75 Å². The molecule has 1 aromatic carbocycles. The van der Waals surface area contributed by atoms with Gasteiger partial charge < -0.3 is 4.74 Å². The zero-order chi connectivity index (χ0) is 17.5. The molecule has 0 aromatic heterocycles. The van der Waals surface area contributed by atoms with Crippen LogP contribution >= 0.6 is 23.5 Å². The Labute approximate surface area is 148 Å². The number of rotatable bonds is 2. The van der Waals surface area contributed by atoms with Crippen LogP contribution in [0.5, 0.6) is 5.75 Å². The molecule has 2 aliphatic rings. The van der Waals surface area contributed by atoms with Gasteiger partial charge in [-0.1, -0.05) is 0 Å². The lowest BCUT2D eigenvalue weighted by Gasteiger charge is -2.36. The Bertz CT molecular complexity index is 744. The molecule has 0 N–H and O–H groups in total. The Balaban J connectivity index is 2.10. The van der Waals surface area contributed by atoms with E-state index in [0.29, 0.717) is 11.4 Å². The van der Waals surface area contributed by atoms with Crippen LogP contribution in [0.25, 0.3) is 0 Å². The van der Waals surface area contributed by atoms with Gasteiger partial charge in [0.1, 0.15) is 16.7 Å². The fraction of sp³-hybridized carbons (Fsp3) is 0.353. The highest BCUT2D eigenvalue weighted by molar-refractivity contribution is 8.25. The first-order valence-electron chi connectivity index (χ1n) is 7.45. The van der Waals surface area contributed by atoms with E-state index in [0.717, 1.165) is 20.6 Å². The first-order chi connectivity index (χ1) is 11.4. The molecule has 2 amide bonds. The summed E-state index contributed by atoms with van der Waals surface area (Å²) in [5, 5.41) is 0. The molecule has 0 aliphatic carbocycles. The van der Waals surface area contributed by atoms with Crippen LogP contribution in [-0.2, 0) is 14.4 Å². The number of carbonyl (C=O) groups excluding carboxylic acids is 3. The van der Waals surface area contributed by atoms with E-state index in [-0.39, 0.29) is 11.4 Å². The van der Waals surface area contributed by atoms with E-state index in [2.05, 4.69) is 0 Å². The summed E-state index contributed by atoms with van der Waals surface area (Å²) in [6.45, 7) is 3.15. The number of ether oxygens (including phenoxy) is 1. The van der Waals surface area contributed by atoms with Gasteiger partial charge in [-0.25, -0.2) is 4.90 Å². The van der Waals surface area contributed by atoms with Gasteiger partial charge >= 0.3 is 0 Å². The first-order valence-corrected chi connectivity index (χ1v) is 9.42. The van der Waals surface area contributed by atoms with E-state index >= 15 is 0 Å². The van der Waals surface area contributed by atoms with E-state index in [1.54, 1.807) is 45.2 Å². The number of piperidine rings is 1. The second-order valence-corrected chi connectivity index (χ2v) is 8.43. The second kappa shape index (κ2) is 6.29.